The zero-order chi connectivity index (χ0) is 12.1. The fourth-order valence-corrected chi connectivity index (χ4v) is 2.04. The molecule has 0 spiro atoms. The quantitative estimate of drug-likeness (QED) is 0.836. The van der Waals surface area contributed by atoms with Gasteiger partial charge in [-0.1, -0.05) is 23.8 Å². The predicted molar refractivity (Wildman–Crippen MR) is 66.8 cm³/mol. The molecule has 0 fully saturated rings. The highest BCUT2D eigenvalue weighted by Crippen LogP contribution is 2.10. The molecule has 1 unspecified atom stereocenters. The second-order valence-corrected chi connectivity index (χ2v) is 4.64. The van der Waals surface area contributed by atoms with Crippen LogP contribution in [0.5, 0.6) is 0 Å². The van der Waals surface area contributed by atoms with Crippen LogP contribution in [0.1, 0.15) is 25.7 Å². The molecule has 1 aromatic rings. The van der Waals surface area contributed by atoms with Crippen molar-refractivity contribution in [3.63, 3.8) is 0 Å². The Morgan fingerprint density at radius 2 is 2.53 bits per heavy atom. The lowest BCUT2D eigenvalue weighted by atomic mass is 10.0. The molecule has 1 aliphatic rings. The minimum absolute atomic E-state index is 0.0631. The molecule has 5 heteroatoms. The van der Waals surface area contributed by atoms with Crippen LogP contribution in [-0.4, -0.2) is 21.7 Å². The van der Waals surface area contributed by atoms with Gasteiger partial charge in [0.15, 0.2) is 0 Å². The van der Waals surface area contributed by atoms with Crippen molar-refractivity contribution in [2.75, 3.05) is 0 Å². The largest absolute Gasteiger partial charge is 0.350 e. The Bertz CT molecular complexity index is 414. The van der Waals surface area contributed by atoms with Crippen LogP contribution >= 0.6 is 11.6 Å². The van der Waals surface area contributed by atoms with Crippen LogP contribution in [-0.2, 0) is 11.3 Å². The Labute approximate surface area is 106 Å². The van der Waals surface area contributed by atoms with Crippen LogP contribution in [0.4, 0.5) is 0 Å². The van der Waals surface area contributed by atoms with E-state index < -0.39 is 0 Å². The van der Waals surface area contributed by atoms with Crippen molar-refractivity contribution in [1.29, 1.82) is 0 Å². The van der Waals surface area contributed by atoms with Crippen molar-refractivity contribution in [2.45, 2.75) is 38.3 Å². The number of rotatable bonds is 4. The van der Waals surface area contributed by atoms with Crippen LogP contribution in [0.15, 0.2) is 24.5 Å². The summed E-state index contributed by atoms with van der Waals surface area (Å²) in [5.74, 6) is 0.0631. The summed E-state index contributed by atoms with van der Waals surface area (Å²) >= 11 is 5.74. The highest BCUT2D eigenvalue weighted by atomic mass is 35.5. The molecule has 1 heterocycles. The monoisotopic (exact) mass is 253 g/mol. The molecular weight excluding hydrogens is 238 g/mol. The van der Waals surface area contributed by atoms with Crippen LogP contribution in [0.3, 0.4) is 0 Å². The molecule has 0 radical (unpaired) electrons. The highest BCUT2D eigenvalue weighted by molar-refractivity contribution is 6.30. The van der Waals surface area contributed by atoms with Crippen molar-refractivity contribution in [3.8, 4) is 0 Å². The minimum atomic E-state index is 0.0631. The van der Waals surface area contributed by atoms with Gasteiger partial charge in [-0.2, -0.15) is 5.10 Å². The smallest absolute Gasteiger partial charge is 0.222 e. The Morgan fingerprint density at radius 3 is 3.18 bits per heavy atom. The first-order chi connectivity index (χ1) is 8.24. The molecule has 1 amide bonds. The van der Waals surface area contributed by atoms with Crippen molar-refractivity contribution in [3.05, 3.63) is 29.6 Å². The molecule has 92 valence electrons. The zero-order valence-corrected chi connectivity index (χ0v) is 10.4. The molecule has 4 nitrogen and oxygen atoms in total. The van der Waals surface area contributed by atoms with E-state index in [0.717, 1.165) is 19.3 Å². The van der Waals surface area contributed by atoms with Crippen molar-refractivity contribution in [2.24, 2.45) is 0 Å². The number of aromatic nitrogens is 2. The summed E-state index contributed by atoms with van der Waals surface area (Å²) in [6.07, 6.45) is 11.2. The maximum Gasteiger partial charge on any atom is 0.222 e. The Morgan fingerprint density at radius 1 is 1.65 bits per heavy atom. The van der Waals surface area contributed by atoms with E-state index in [1.165, 1.54) is 0 Å². The molecule has 17 heavy (non-hydrogen) atoms. The number of hydrogen-bond acceptors (Lipinski definition) is 2. The number of hydrogen-bond donors (Lipinski definition) is 1. The van der Waals surface area contributed by atoms with Crippen molar-refractivity contribution >= 4 is 17.5 Å². The molecule has 2 rings (SSSR count). The van der Waals surface area contributed by atoms with E-state index in [9.17, 15) is 4.79 Å². The van der Waals surface area contributed by atoms with Gasteiger partial charge >= 0.3 is 0 Å². The van der Waals surface area contributed by atoms with Gasteiger partial charge in [-0.25, -0.2) is 0 Å². The molecule has 1 aliphatic carbocycles. The first kappa shape index (κ1) is 12.2. The summed E-state index contributed by atoms with van der Waals surface area (Å²) in [5, 5.41) is 7.62. The van der Waals surface area contributed by atoms with E-state index in [-0.39, 0.29) is 11.9 Å². The third-order valence-electron chi connectivity index (χ3n) is 2.77. The van der Waals surface area contributed by atoms with Crippen molar-refractivity contribution in [1.82, 2.24) is 15.1 Å². The fourth-order valence-electron chi connectivity index (χ4n) is 1.89. The summed E-state index contributed by atoms with van der Waals surface area (Å²) in [6.45, 7) is 0.564. The normalized spacial score (nSPS) is 19.2. The van der Waals surface area contributed by atoms with Crippen LogP contribution in [0, 0.1) is 0 Å². The average molecular weight is 254 g/mol. The van der Waals surface area contributed by atoms with E-state index >= 15 is 0 Å². The van der Waals surface area contributed by atoms with Gasteiger partial charge < -0.3 is 5.32 Å². The van der Waals surface area contributed by atoms with E-state index in [1.807, 2.05) is 0 Å². The molecule has 1 N–H and O–H groups in total. The molecule has 0 saturated heterocycles. The predicted octanol–water partition coefficient (Wildman–Crippen LogP) is 2.15. The summed E-state index contributed by atoms with van der Waals surface area (Å²) in [7, 11) is 0. The van der Waals surface area contributed by atoms with Gasteiger partial charge in [-0.3, -0.25) is 9.48 Å². The Hall–Kier alpha value is -1.29. The number of carbonyl (C=O) groups is 1. The molecule has 0 aliphatic heterocycles. The second kappa shape index (κ2) is 5.87. The number of amides is 1. The number of allylic oxidation sites excluding steroid dienone is 1. The first-order valence-corrected chi connectivity index (χ1v) is 6.26. The number of nitrogens with zero attached hydrogens (tertiary/aromatic N) is 2. The zero-order valence-electron chi connectivity index (χ0n) is 9.60. The second-order valence-electron chi connectivity index (χ2n) is 4.20. The maximum atomic E-state index is 11.7. The molecular formula is C12H16ClN3O. The molecule has 0 bridgehead atoms. The van der Waals surface area contributed by atoms with Gasteiger partial charge in [0.2, 0.25) is 5.91 Å². The van der Waals surface area contributed by atoms with E-state index in [1.54, 1.807) is 17.1 Å². The van der Waals surface area contributed by atoms with Gasteiger partial charge in [0.05, 0.1) is 11.2 Å². The summed E-state index contributed by atoms with van der Waals surface area (Å²) in [5.41, 5.74) is 0. The lowest BCUT2D eigenvalue weighted by Gasteiger charge is -2.17. The third kappa shape index (κ3) is 3.89. The van der Waals surface area contributed by atoms with Gasteiger partial charge in [-0.05, 0) is 19.3 Å². The lowest BCUT2D eigenvalue weighted by molar-refractivity contribution is -0.121. The van der Waals surface area contributed by atoms with Gasteiger partial charge in [-0.15, -0.1) is 0 Å². The highest BCUT2D eigenvalue weighted by Gasteiger charge is 2.11. The van der Waals surface area contributed by atoms with Crippen LogP contribution in [0.25, 0.3) is 0 Å². The summed E-state index contributed by atoms with van der Waals surface area (Å²) < 4.78 is 1.68. The number of halogens is 1. The maximum absolute atomic E-state index is 11.7. The Balaban J connectivity index is 1.73. The standard InChI is InChI=1S/C12H16ClN3O/c13-10-8-14-16(9-10)7-6-12(17)15-11-4-2-1-3-5-11/h2,4,8-9,11H,1,3,5-7H2,(H,15,17). The SMILES string of the molecule is O=C(CCn1cc(Cl)cn1)NC1C=CCCC1. The van der Waals surface area contributed by atoms with Crippen LogP contribution in [0.2, 0.25) is 5.02 Å². The fraction of sp³-hybridized carbons (Fsp3) is 0.500. The molecule has 1 aromatic heterocycles. The van der Waals surface area contributed by atoms with Gasteiger partial charge in [0.1, 0.15) is 0 Å². The topological polar surface area (TPSA) is 46.9 Å². The minimum Gasteiger partial charge on any atom is -0.350 e. The van der Waals surface area contributed by atoms with E-state index in [2.05, 4.69) is 22.6 Å². The van der Waals surface area contributed by atoms with Crippen LogP contribution < -0.4 is 5.32 Å². The molecule has 1 atom stereocenters. The lowest BCUT2D eigenvalue weighted by Crippen LogP contribution is -2.34. The summed E-state index contributed by atoms with van der Waals surface area (Å²) in [4.78, 5) is 11.7. The van der Waals surface area contributed by atoms with E-state index in [4.69, 9.17) is 11.6 Å². The summed E-state index contributed by atoms with van der Waals surface area (Å²) in [6, 6.07) is 0.206. The van der Waals surface area contributed by atoms with Gasteiger partial charge in [0, 0.05) is 25.2 Å². The number of carbonyl (C=O) groups excluding carboxylic acids is 1. The molecule has 0 aromatic carbocycles. The van der Waals surface area contributed by atoms with Crippen molar-refractivity contribution < 1.29 is 4.79 Å². The number of aryl methyl sites for hydroxylation is 1. The average Bonchev–Trinajstić information content (AvgIpc) is 2.74. The van der Waals surface area contributed by atoms with Gasteiger partial charge in [0.25, 0.3) is 0 Å². The molecule has 0 saturated carbocycles. The number of nitrogens with one attached hydrogen (secondary N) is 1. The third-order valence-corrected chi connectivity index (χ3v) is 2.97. The van der Waals surface area contributed by atoms with E-state index in [0.29, 0.717) is 18.0 Å². The Kier molecular flexibility index (Phi) is 4.20. The first-order valence-electron chi connectivity index (χ1n) is 5.88.